The van der Waals surface area contributed by atoms with Gasteiger partial charge in [-0.2, -0.15) is 0 Å². The van der Waals surface area contributed by atoms with E-state index in [2.05, 4.69) is 5.32 Å². The highest BCUT2D eigenvalue weighted by atomic mass is 16.4. The van der Waals surface area contributed by atoms with Crippen molar-refractivity contribution in [2.45, 2.75) is 39.7 Å². The van der Waals surface area contributed by atoms with Gasteiger partial charge in [0, 0.05) is 37.2 Å². The molecule has 0 spiro atoms. The first kappa shape index (κ1) is 15.2. The van der Waals surface area contributed by atoms with Crippen LogP contribution in [0.5, 0.6) is 0 Å². The minimum absolute atomic E-state index is 0.000329. The van der Waals surface area contributed by atoms with Gasteiger partial charge < -0.3 is 15.3 Å². The lowest BCUT2D eigenvalue weighted by atomic mass is 10.0. The third kappa shape index (κ3) is 4.08. The second-order valence-electron chi connectivity index (χ2n) is 4.81. The molecule has 1 aliphatic heterocycles. The molecule has 1 fully saturated rings. The number of carbonyl (C=O) groups excluding carboxylic acids is 2. The Kier molecular flexibility index (Phi) is 5.09. The van der Waals surface area contributed by atoms with E-state index >= 15 is 0 Å². The highest BCUT2D eigenvalue weighted by Crippen LogP contribution is 2.12. The van der Waals surface area contributed by atoms with Gasteiger partial charge in [-0.1, -0.05) is 0 Å². The Morgan fingerprint density at radius 3 is 2.00 bits per heavy atom. The zero-order valence-corrected chi connectivity index (χ0v) is 11.5. The number of carbonyl (C=O) groups is 3. The Morgan fingerprint density at radius 1 is 1.05 bits per heavy atom. The second-order valence-corrected chi connectivity index (χ2v) is 4.81. The van der Waals surface area contributed by atoms with Gasteiger partial charge in [-0.25, -0.2) is 4.79 Å². The highest BCUT2D eigenvalue weighted by Gasteiger charge is 2.23. The van der Waals surface area contributed by atoms with Crippen molar-refractivity contribution in [3.05, 3.63) is 11.1 Å². The molecular formula is C13H20N2O4. The Labute approximate surface area is 112 Å². The van der Waals surface area contributed by atoms with Crippen LogP contribution in [-0.4, -0.2) is 46.9 Å². The second kappa shape index (κ2) is 6.36. The maximum atomic E-state index is 11.9. The fourth-order valence-corrected chi connectivity index (χ4v) is 1.96. The summed E-state index contributed by atoms with van der Waals surface area (Å²) in [5.41, 5.74) is 0.278. The molecule has 0 aromatic carbocycles. The Bertz CT molecular complexity index is 420. The van der Waals surface area contributed by atoms with Gasteiger partial charge in [0.1, 0.15) is 0 Å². The van der Waals surface area contributed by atoms with Crippen LogP contribution in [0.4, 0.5) is 0 Å². The molecule has 0 bridgehead atoms. The van der Waals surface area contributed by atoms with Gasteiger partial charge in [0.05, 0.1) is 0 Å². The molecule has 2 N–H and O–H groups in total. The average molecular weight is 268 g/mol. The molecular weight excluding hydrogens is 248 g/mol. The number of amides is 2. The van der Waals surface area contributed by atoms with Crippen molar-refractivity contribution < 1.29 is 19.5 Å². The van der Waals surface area contributed by atoms with Gasteiger partial charge in [0.2, 0.25) is 11.8 Å². The number of likely N-dealkylation sites (tertiary alicyclic amines) is 1. The molecule has 0 saturated carbocycles. The molecule has 0 aromatic rings. The van der Waals surface area contributed by atoms with E-state index < -0.39 is 5.97 Å². The number of hydrogen-bond donors (Lipinski definition) is 2. The summed E-state index contributed by atoms with van der Waals surface area (Å²) in [4.78, 5) is 35.5. The number of nitrogens with zero attached hydrogens (tertiary/aromatic N) is 1. The van der Waals surface area contributed by atoms with Crippen LogP contribution in [0.1, 0.15) is 33.6 Å². The quantitative estimate of drug-likeness (QED) is 0.731. The molecule has 6 heteroatoms. The van der Waals surface area contributed by atoms with Crippen molar-refractivity contribution in [2.24, 2.45) is 0 Å². The fraction of sp³-hybridized carbons (Fsp3) is 0.615. The zero-order chi connectivity index (χ0) is 14.6. The lowest BCUT2D eigenvalue weighted by molar-refractivity contribution is -0.133. The van der Waals surface area contributed by atoms with Crippen LogP contribution >= 0.6 is 0 Å². The molecule has 0 radical (unpaired) electrons. The standard InChI is InChI=1S/C13H20N2O4/c1-8(9(2)13(18)19)12(17)14-11-4-6-15(7-5-11)10(3)16/h11H,4-7H2,1-3H3,(H,14,17)(H,18,19). The predicted molar refractivity (Wildman–Crippen MR) is 69.4 cm³/mol. The zero-order valence-electron chi connectivity index (χ0n) is 11.5. The minimum atomic E-state index is -1.08. The molecule has 106 valence electrons. The van der Waals surface area contributed by atoms with E-state index in [9.17, 15) is 14.4 Å². The summed E-state index contributed by atoms with van der Waals surface area (Å²) in [6.07, 6.45) is 1.40. The van der Waals surface area contributed by atoms with Gasteiger partial charge in [-0.3, -0.25) is 9.59 Å². The number of nitrogens with one attached hydrogen (secondary N) is 1. The van der Waals surface area contributed by atoms with Crippen molar-refractivity contribution in [2.75, 3.05) is 13.1 Å². The summed E-state index contributed by atoms with van der Waals surface area (Å²) < 4.78 is 0. The highest BCUT2D eigenvalue weighted by molar-refractivity contribution is 6.01. The summed E-state index contributed by atoms with van der Waals surface area (Å²) in [5.74, 6) is -1.39. The molecule has 0 unspecified atom stereocenters. The van der Waals surface area contributed by atoms with E-state index in [4.69, 9.17) is 5.11 Å². The van der Waals surface area contributed by atoms with E-state index in [1.54, 1.807) is 4.90 Å². The van der Waals surface area contributed by atoms with Gasteiger partial charge in [-0.15, -0.1) is 0 Å². The molecule has 0 aromatic heterocycles. The lowest BCUT2D eigenvalue weighted by Gasteiger charge is -2.31. The molecule has 0 aliphatic carbocycles. The Hall–Kier alpha value is -1.85. The lowest BCUT2D eigenvalue weighted by Crippen LogP contribution is -2.46. The average Bonchev–Trinajstić information content (AvgIpc) is 2.37. The normalized spacial score (nSPS) is 17.7. The van der Waals surface area contributed by atoms with Crippen molar-refractivity contribution in [3.63, 3.8) is 0 Å². The summed E-state index contributed by atoms with van der Waals surface area (Å²) in [5, 5.41) is 11.6. The number of aliphatic carboxylic acids is 1. The van der Waals surface area contributed by atoms with Crippen LogP contribution in [0.15, 0.2) is 11.1 Å². The van der Waals surface area contributed by atoms with Gasteiger partial charge in [-0.05, 0) is 26.7 Å². The van der Waals surface area contributed by atoms with Crippen molar-refractivity contribution in [3.8, 4) is 0 Å². The fourth-order valence-electron chi connectivity index (χ4n) is 1.96. The molecule has 2 amide bonds. The number of carboxylic acids is 1. The third-order valence-electron chi connectivity index (χ3n) is 3.50. The molecule has 1 saturated heterocycles. The number of rotatable bonds is 3. The van der Waals surface area contributed by atoms with Crippen molar-refractivity contribution in [1.82, 2.24) is 10.2 Å². The van der Waals surface area contributed by atoms with Crippen LogP contribution in [-0.2, 0) is 14.4 Å². The van der Waals surface area contributed by atoms with Gasteiger partial charge in [0.15, 0.2) is 0 Å². The Morgan fingerprint density at radius 2 is 1.58 bits per heavy atom. The molecule has 19 heavy (non-hydrogen) atoms. The molecule has 6 nitrogen and oxygen atoms in total. The molecule has 1 aliphatic rings. The summed E-state index contributed by atoms with van der Waals surface area (Å²) in [6, 6.07) is -0.000329. The summed E-state index contributed by atoms with van der Waals surface area (Å²) in [7, 11) is 0. The maximum absolute atomic E-state index is 11.9. The smallest absolute Gasteiger partial charge is 0.331 e. The van der Waals surface area contributed by atoms with E-state index in [0.29, 0.717) is 25.9 Å². The molecule has 0 atom stereocenters. The SMILES string of the molecule is CC(=O)N1CCC(NC(=O)C(C)=C(C)C(=O)O)CC1. The predicted octanol–water partition coefficient (Wildman–Crippen LogP) is 0.534. The summed E-state index contributed by atoms with van der Waals surface area (Å²) >= 11 is 0. The molecule has 1 heterocycles. The minimum Gasteiger partial charge on any atom is -0.478 e. The first-order valence-corrected chi connectivity index (χ1v) is 6.30. The van der Waals surface area contributed by atoms with Gasteiger partial charge >= 0.3 is 5.97 Å². The first-order chi connectivity index (χ1) is 8.82. The number of piperidine rings is 1. The maximum Gasteiger partial charge on any atom is 0.331 e. The van der Waals surface area contributed by atoms with Crippen LogP contribution < -0.4 is 5.32 Å². The Balaban J connectivity index is 2.54. The molecule has 1 rings (SSSR count). The number of hydrogen-bond acceptors (Lipinski definition) is 3. The third-order valence-corrected chi connectivity index (χ3v) is 3.50. The van der Waals surface area contributed by atoms with E-state index in [0.717, 1.165) is 0 Å². The van der Waals surface area contributed by atoms with Crippen LogP contribution in [0.3, 0.4) is 0 Å². The summed E-state index contributed by atoms with van der Waals surface area (Å²) in [6.45, 7) is 5.70. The van der Waals surface area contributed by atoms with Crippen LogP contribution in [0.25, 0.3) is 0 Å². The number of carboxylic acid groups (broad SMARTS) is 1. The first-order valence-electron chi connectivity index (χ1n) is 6.30. The van der Waals surface area contributed by atoms with E-state index in [1.165, 1.54) is 20.8 Å². The van der Waals surface area contributed by atoms with Crippen molar-refractivity contribution >= 4 is 17.8 Å². The van der Waals surface area contributed by atoms with Gasteiger partial charge in [0.25, 0.3) is 0 Å². The van der Waals surface area contributed by atoms with Crippen LogP contribution in [0.2, 0.25) is 0 Å². The monoisotopic (exact) mass is 268 g/mol. The van der Waals surface area contributed by atoms with E-state index in [1.807, 2.05) is 0 Å². The largest absolute Gasteiger partial charge is 0.478 e. The topological polar surface area (TPSA) is 86.7 Å². The van der Waals surface area contributed by atoms with Crippen LogP contribution in [0, 0.1) is 0 Å². The van der Waals surface area contributed by atoms with E-state index in [-0.39, 0.29) is 29.0 Å². The van der Waals surface area contributed by atoms with Crippen molar-refractivity contribution in [1.29, 1.82) is 0 Å².